The molecule has 1 aliphatic carbocycles. The molecule has 0 spiro atoms. The summed E-state index contributed by atoms with van der Waals surface area (Å²) in [5.74, 6) is 0.168. The molecule has 1 saturated heterocycles. The average Bonchev–Trinajstić information content (AvgIpc) is 3.05. The first kappa shape index (κ1) is 20.8. The van der Waals surface area contributed by atoms with Crippen molar-refractivity contribution in [3.63, 3.8) is 0 Å². The number of rotatable bonds is 6. The van der Waals surface area contributed by atoms with E-state index in [9.17, 15) is 9.59 Å². The molecule has 2 heterocycles. The fourth-order valence-electron chi connectivity index (χ4n) is 4.47. The number of hydrogen-bond acceptors (Lipinski definition) is 4. The van der Waals surface area contributed by atoms with Crippen molar-refractivity contribution in [3.8, 4) is 0 Å². The van der Waals surface area contributed by atoms with Gasteiger partial charge < -0.3 is 15.0 Å². The van der Waals surface area contributed by atoms with Crippen LogP contribution in [0.3, 0.4) is 0 Å². The van der Waals surface area contributed by atoms with Gasteiger partial charge in [0.25, 0.3) is 5.91 Å². The van der Waals surface area contributed by atoms with E-state index in [1.54, 1.807) is 0 Å². The number of carbonyl (C=O) groups excluding carboxylic acids is 2. The van der Waals surface area contributed by atoms with Crippen LogP contribution in [0.2, 0.25) is 0 Å². The number of likely N-dealkylation sites (tertiary alicyclic amines) is 1. The fraction of sp³-hybridized carbons (Fsp3) is 0.762. The monoisotopic (exact) mass is 390 g/mol. The topological polar surface area (TPSA) is 87.3 Å². The molecule has 2 amide bonds. The van der Waals surface area contributed by atoms with Gasteiger partial charge in [0.1, 0.15) is 0 Å². The number of H-pyrrole nitrogens is 1. The molecule has 7 heteroatoms. The van der Waals surface area contributed by atoms with Crippen LogP contribution in [0.1, 0.15) is 73.6 Å². The summed E-state index contributed by atoms with van der Waals surface area (Å²) in [7, 11) is 0. The van der Waals surface area contributed by atoms with E-state index in [1.807, 2.05) is 18.7 Å². The molecule has 0 bridgehead atoms. The Labute approximate surface area is 167 Å². The first-order valence-corrected chi connectivity index (χ1v) is 10.7. The van der Waals surface area contributed by atoms with Gasteiger partial charge >= 0.3 is 0 Å². The van der Waals surface area contributed by atoms with Gasteiger partial charge in [-0.15, -0.1) is 0 Å². The van der Waals surface area contributed by atoms with Crippen molar-refractivity contribution in [1.29, 1.82) is 0 Å². The predicted octanol–water partition coefficient (Wildman–Crippen LogP) is 2.73. The maximum absolute atomic E-state index is 12.9. The van der Waals surface area contributed by atoms with Crippen LogP contribution in [0.25, 0.3) is 0 Å². The molecular weight excluding hydrogens is 356 g/mol. The summed E-state index contributed by atoms with van der Waals surface area (Å²) in [5, 5.41) is 10.1. The van der Waals surface area contributed by atoms with E-state index in [2.05, 4.69) is 22.4 Å². The lowest BCUT2D eigenvalue weighted by Crippen LogP contribution is -2.51. The summed E-state index contributed by atoms with van der Waals surface area (Å²) in [6, 6.07) is -0.0712. The van der Waals surface area contributed by atoms with Gasteiger partial charge in [-0.05, 0) is 58.8 Å². The smallest absolute Gasteiger partial charge is 0.255 e. The molecule has 3 atom stereocenters. The molecule has 156 valence electrons. The van der Waals surface area contributed by atoms with E-state index in [1.165, 1.54) is 6.42 Å². The minimum absolute atomic E-state index is 0.00510. The molecule has 0 aromatic carbocycles. The second-order valence-electron chi connectivity index (χ2n) is 8.19. The van der Waals surface area contributed by atoms with E-state index >= 15 is 0 Å². The molecule has 0 radical (unpaired) electrons. The van der Waals surface area contributed by atoms with Crippen molar-refractivity contribution < 1.29 is 14.3 Å². The van der Waals surface area contributed by atoms with E-state index in [4.69, 9.17) is 4.74 Å². The highest BCUT2D eigenvalue weighted by atomic mass is 16.5. The number of nitrogens with one attached hydrogen (secondary N) is 2. The Balaban J connectivity index is 1.65. The Morgan fingerprint density at radius 1 is 1.21 bits per heavy atom. The number of aromatic amines is 1. The number of aryl methyl sites for hydroxylation is 2. The normalized spacial score (nSPS) is 25.5. The van der Waals surface area contributed by atoms with Crippen molar-refractivity contribution in [3.05, 3.63) is 17.0 Å². The summed E-state index contributed by atoms with van der Waals surface area (Å²) in [6.07, 6.45) is 6.48. The number of aromatic nitrogens is 2. The SMILES string of the molecule is CCCO[C@H]1C[C@@H](C(=O)N2CCCCC2)CC[C@@H]1NC(=O)c1c(C)n[nH]c1C. The molecule has 3 rings (SSSR count). The Morgan fingerprint density at radius 3 is 2.61 bits per heavy atom. The van der Waals surface area contributed by atoms with Crippen LogP contribution in [-0.2, 0) is 9.53 Å². The van der Waals surface area contributed by atoms with E-state index in [0.717, 1.165) is 50.9 Å². The van der Waals surface area contributed by atoms with Crippen molar-refractivity contribution in [1.82, 2.24) is 20.4 Å². The predicted molar refractivity (Wildman–Crippen MR) is 107 cm³/mol. The van der Waals surface area contributed by atoms with Crippen molar-refractivity contribution in [2.75, 3.05) is 19.7 Å². The Kier molecular flexibility index (Phi) is 7.10. The summed E-state index contributed by atoms with van der Waals surface area (Å²) in [4.78, 5) is 27.8. The zero-order valence-electron chi connectivity index (χ0n) is 17.4. The van der Waals surface area contributed by atoms with E-state index in [0.29, 0.717) is 24.3 Å². The molecule has 1 aromatic heterocycles. The first-order chi connectivity index (χ1) is 13.5. The zero-order chi connectivity index (χ0) is 20.1. The minimum Gasteiger partial charge on any atom is -0.376 e. The van der Waals surface area contributed by atoms with Gasteiger partial charge in [-0.25, -0.2) is 0 Å². The van der Waals surface area contributed by atoms with Gasteiger partial charge in [-0.1, -0.05) is 6.92 Å². The number of hydrogen-bond donors (Lipinski definition) is 2. The third-order valence-electron chi connectivity index (χ3n) is 6.02. The third kappa shape index (κ3) is 4.74. The highest BCUT2D eigenvalue weighted by molar-refractivity contribution is 5.96. The maximum Gasteiger partial charge on any atom is 0.255 e. The molecule has 28 heavy (non-hydrogen) atoms. The summed E-state index contributed by atoms with van der Waals surface area (Å²) >= 11 is 0. The maximum atomic E-state index is 12.9. The third-order valence-corrected chi connectivity index (χ3v) is 6.02. The Hall–Kier alpha value is -1.89. The van der Waals surface area contributed by atoms with Crippen LogP contribution < -0.4 is 5.32 Å². The minimum atomic E-state index is -0.121. The van der Waals surface area contributed by atoms with Gasteiger partial charge in [0.15, 0.2) is 0 Å². The molecular formula is C21H34N4O3. The van der Waals surface area contributed by atoms with Crippen LogP contribution in [0.5, 0.6) is 0 Å². The number of amides is 2. The van der Waals surface area contributed by atoms with Crippen molar-refractivity contribution in [2.45, 2.75) is 77.9 Å². The molecule has 2 N–H and O–H groups in total. The zero-order valence-corrected chi connectivity index (χ0v) is 17.4. The first-order valence-electron chi connectivity index (χ1n) is 10.7. The quantitative estimate of drug-likeness (QED) is 0.782. The summed E-state index contributed by atoms with van der Waals surface area (Å²) < 4.78 is 6.08. The molecule has 1 saturated carbocycles. The largest absolute Gasteiger partial charge is 0.376 e. The molecule has 2 fully saturated rings. The van der Waals surface area contributed by atoms with Crippen LogP contribution in [0.15, 0.2) is 0 Å². The second kappa shape index (κ2) is 9.54. The summed E-state index contributed by atoms with van der Waals surface area (Å²) in [5.41, 5.74) is 2.09. The summed E-state index contributed by atoms with van der Waals surface area (Å²) in [6.45, 7) is 8.17. The van der Waals surface area contributed by atoms with Crippen LogP contribution in [-0.4, -0.2) is 58.8 Å². The molecule has 7 nitrogen and oxygen atoms in total. The van der Waals surface area contributed by atoms with Crippen LogP contribution in [0.4, 0.5) is 0 Å². The molecule has 0 unspecified atom stereocenters. The van der Waals surface area contributed by atoms with Crippen LogP contribution >= 0.6 is 0 Å². The highest BCUT2D eigenvalue weighted by Gasteiger charge is 2.37. The average molecular weight is 391 g/mol. The number of nitrogens with zero attached hydrogens (tertiary/aromatic N) is 2. The van der Waals surface area contributed by atoms with Gasteiger partial charge in [0.2, 0.25) is 5.91 Å². The standard InChI is InChI=1S/C21H34N4O3/c1-4-12-28-18-13-16(21(27)25-10-6-5-7-11-25)8-9-17(18)22-20(26)19-14(2)23-24-15(19)3/h16-18H,4-13H2,1-3H3,(H,22,26)(H,23,24)/t16-,17-,18-/m0/s1. The lowest BCUT2D eigenvalue weighted by molar-refractivity contribution is -0.140. The lowest BCUT2D eigenvalue weighted by atomic mass is 9.82. The van der Waals surface area contributed by atoms with Gasteiger partial charge in [-0.3, -0.25) is 14.7 Å². The fourth-order valence-corrected chi connectivity index (χ4v) is 4.47. The van der Waals surface area contributed by atoms with Crippen molar-refractivity contribution >= 4 is 11.8 Å². The Bertz CT molecular complexity index is 662. The van der Waals surface area contributed by atoms with Gasteiger partial charge in [-0.2, -0.15) is 5.10 Å². The number of carbonyl (C=O) groups is 2. The highest BCUT2D eigenvalue weighted by Crippen LogP contribution is 2.30. The molecule has 1 aliphatic heterocycles. The molecule has 1 aromatic rings. The van der Waals surface area contributed by atoms with Gasteiger partial charge in [0, 0.05) is 31.3 Å². The van der Waals surface area contributed by atoms with Crippen molar-refractivity contribution in [2.24, 2.45) is 5.92 Å². The van der Waals surface area contributed by atoms with Crippen LogP contribution in [0, 0.1) is 19.8 Å². The number of piperidine rings is 1. The Morgan fingerprint density at radius 2 is 1.96 bits per heavy atom. The lowest BCUT2D eigenvalue weighted by Gasteiger charge is -2.38. The number of ether oxygens (including phenoxy) is 1. The van der Waals surface area contributed by atoms with Gasteiger partial charge in [0.05, 0.1) is 23.4 Å². The second-order valence-corrected chi connectivity index (χ2v) is 8.19. The van der Waals surface area contributed by atoms with E-state index in [-0.39, 0.29) is 29.9 Å². The molecule has 2 aliphatic rings. The van der Waals surface area contributed by atoms with E-state index < -0.39 is 0 Å².